The Hall–Kier alpha value is -0.0900. The van der Waals surface area contributed by atoms with Gasteiger partial charge in [0, 0.05) is 9.99 Å². The highest BCUT2D eigenvalue weighted by Gasteiger charge is 2.42. The standard InChI is InChI=1S/C13H17IO/c1-2-13(15,11-5-6-11)9-10-3-7-12(14)8-4-10/h3-4,7-8,11,15H,2,5-6,9H2,1H3. The second kappa shape index (κ2) is 4.42. The van der Waals surface area contributed by atoms with Gasteiger partial charge in [-0.05, 0) is 65.5 Å². The van der Waals surface area contributed by atoms with Crippen molar-refractivity contribution in [2.45, 2.75) is 38.2 Å². The lowest BCUT2D eigenvalue weighted by Crippen LogP contribution is -2.33. The third-order valence-corrected chi connectivity index (χ3v) is 4.09. The van der Waals surface area contributed by atoms with Crippen molar-refractivity contribution in [3.63, 3.8) is 0 Å². The molecule has 0 aliphatic heterocycles. The summed E-state index contributed by atoms with van der Waals surface area (Å²) < 4.78 is 1.25. The first-order chi connectivity index (χ1) is 7.14. The van der Waals surface area contributed by atoms with Crippen LogP contribution in [0.15, 0.2) is 24.3 Å². The first-order valence-electron chi connectivity index (χ1n) is 5.61. The van der Waals surface area contributed by atoms with Gasteiger partial charge in [-0.1, -0.05) is 19.1 Å². The Bertz CT molecular complexity index is 329. The SMILES string of the molecule is CCC(O)(Cc1ccc(I)cc1)C1CC1. The molecular formula is C13H17IO. The van der Waals surface area contributed by atoms with Gasteiger partial charge in [0.25, 0.3) is 0 Å². The Kier molecular flexibility index (Phi) is 3.36. The molecule has 0 aromatic heterocycles. The fourth-order valence-corrected chi connectivity index (χ4v) is 2.49. The summed E-state index contributed by atoms with van der Waals surface area (Å²) in [5.41, 5.74) is 0.805. The second-order valence-corrected chi connectivity index (χ2v) is 5.78. The average molecular weight is 316 g/mol. The minimum atomic E-state index is -0.452. The minimum absolute atomic E-state index is 0.452. The lowest BCUT2D eigenvalue weighted by atomic mass is 9.87. The molecule has 0 spiro atoms. The quantitative estimate of drug-likeness (QED) is 0.844. The van der Waals surface area contributed by atoms with Gasteiger partial charge in [-0.15, -0.1) is 0 Å². The fourth-order valence-electron chi connectivity index (χ4n) is 2.13. The maximum absolute atomic E-state index is 10.5. The van der Waals surface area contributed by atoms with Crippen LogP contribution in [0, 0.1) is 9.49 Å². The van der Waals surface area contributed by atoms with Crippen LogP contribution in [-0.4, -0.2) is 10.7 Å². The summed E-state index contributed by atoms with van der Waals surface area (Å²) in [6.45, 7) is 2.09. The maximum atomic E-state index is 10.5. The number of rotatable bonds is 4. The van der Waals surface area contributed by atoms with Gasteiger partial charge in [0.05, 0.1) is 5.60 Å². The summed E-state index contributed by atoms with van der Waals surface area (Å²) in [6, 6.07) is 8.48. The summed E-state index contributed by atoms with van der Waals surface area (Å²) in [6.07, 6.45) is 4.08. The normalized spacial score (nSPS) is 19.9. The summed E-state index contributed by atoms with van der Waals surface area (Å²) in [5.74, 6) is 0.543. The van der Waals surface area contributed by atoms with Gasteiger partial charge in [0.15, 0.2) is 0 Å². The van der Waals surface area contributed by atoms with Crippen molar-refractivity contribution in [2.75, 3.05) is 0 Å². The highest BCUT2D eigenvalue weighted by atomic mass is 127. The van der Waals surface area contributed by atoms with Gasteiger partial charge in [-0.3, -0.25) is 0 Å². The van der Waals surface area contributed by atoms with Crippen LogP contribution in [-0.2, 0) is 6.42 Å². The van der Waals surface area contributed by atoms with Gasteiger partial charge < -0.3 is 5.11 Å². The van der Waals surface area contributed by atoms with Crippen LogP contribution in [0.4, 0.5) is 0 Å². The highest BCUT2D eigenvalue weighted by Crippen LogP contribution is 2.43. The molecule has 0 amide bonds. The number of halogens is 1. The van der Waals surface area contributed by atoms with Crippen LogP contribution in [0.1, 0.15) is 31.7 Å². The minimum Gasteiger partial charge on any atom is -0.389 e. The summed E-state index contributed by atoms with van der Waals surface area (Å²) >= 11 is 2.31. The van der Waals surface area contributed by atoms with Crippen molar-refractivity contribution in [3.8, 4) is 0 Å². The van der Waals surface area contributed by atoms with E-state index in [4.69, 9.17) is 0 Å². The molecule has 1 aliphatic rings. The molecule has 2 rings (SSSR count). The molecule has 1 unspecified atom stereocenters. The van der Waals surface area contributed by atoms with Crippen molar-refractivity contribution in [2.24, 2.45) is 5.92 Å². The molecule has 1 aromatic carbocycles. The third-order valence-electron chi connectivity index (χ3n) is 3.37. The zero-order valence-corrected chi connectivity index (χ0v) is 11.2. The predicted octanol–water partition coefficient (Wildman–Crippen LogP) is 3.38. The van der Waals surface area contributed by atoms with Crippen LogP contribution in [0.5, 0.6) is 0 Å². The Labute approximate surface area is 105 Å². The van der Waals surface area contributed by atoms with Gasteiger partial charge in [-0.2, -0.15) is 0 Å². The van der Waals surface area contributed by atoms with Gasteiger partial charge in [0.2, 0.25) is 0 Å². The van der Waals surface area contributed by atoms with E-state index >= 15 is 0 Å². The van der Waals surface area contributed by atoms with E-state index in [1.165, 1.54) is 22.0 Å². The fraction of sp³-hybridized carbons (Fsp3) is 0.538. The first-order valence-corrected chi connectivity index (χ1v) is 6.69. The monoisotopic (exact) mass is 316 g/mol. The van der Waals surface area contributed by atoms with Gasteiger partial charge in [0.1, 0.15) is 0 Å². The molecule has 82 valence electrons. The smallest absolute Gasteiger partial charge is 0.0713 e. The molecule has 0 radical (unpaired) electrons. The molecule has 0 bridgehead atoms. The zero-order valence-electron chi connectivity index (χ0n) is 9.04. The Balaban J connectivity index is 2.09. The van der Waals surface area contributed by atoms with E-state index in [9.17, 15) is 5.11 Å². The molecule has 1 nitrogen and oxygen atoms in total. The summed E-state index contributed by atoms with van der Waals surface area (Å²) in [4.78, 5) is 0. The van der Waals surface area contributed by atoms with E-state index in [-0.39, 0.29) is 0 Å². The number of benzene rings is 1. The maximum Gasteiger partial charge on any atom is 0.0713 e. The second-order valence-electron chi connectivity index (χ2n) is 4.53. The molecule has 1 aromatic rings. The number of hydrogen-bond acceptors (Lipinski definition) is 1. The van der Waals surface area contributed by atoms with E-state index in [1.807, 2.05) is 0 Å². The average Bonchev–Trinajstić information content (AvgIpc) is 3.05. The molecule has 1 atom stereocenters. The van der Waals surface area contributed by atoms with Crippen molar-refractivity contribution in [1.29, 1.82) is 0 Å². The summed E-state index contributed by atoms with van der Waals surface area (Å²) in [7, 11) is 0. The molecule has 0 saturated heterocycles. The van der Waals surface area contributed by atoms with Crippen LogP contribution in [0.3, 0.4) is 0 Å². The van der Waals surface area contributed by atoms with Crippen molar-refractivity contribution in [3.05, 3.63) is 33.4 Å². The molecule has 2 heteroatoms. The van der Waals surface area contributed by atoms with Crippen LogP contribution in [0.2, 0.25) is 0 Å². The zero-order chi connectivity index (χ0) is 10.9. The van der Waals surface area contributed by atoms with Crippen LogP contribution >= 0.6 is 22.6 Å². The Morgan fingerprint density at radius 3 is 2.40 bits per heavy atom. The molecule has 1 aliphatic carbocycles. The van der Waals surface area contributed by atoms with Crippen molar-refractivity contribution in [1.82, 2.24) is 0 Å². The lowest BCUT2D eigenvalue weighted by Gasteiger charge is -2.26. The van der Waals surface area contributed by atoms with E-state index < -0.39 is 5.60 Å². The van der Waals surface area contributed by atoms with E-state index in [0.29, 0.717) is 5.92 Å². The predicted molar refractivity (Wildman–Crippen MR) is 70.8 cm³/mol. The first kappa shape index (κ1) is 11.4. The number of hydrogen-bond donors (Lipinski definition) is 1. The van der Waals surface area contributed by atoms with Crippen molar-refractivity contribution < 1.29 is 5.11 Å². The van der Waals surface area contributed by atoms with Gasteiger partial charge >= 0.3 is 0 Å². The Morgan fingerprint density at radius 1 is 1.33 bits per heavy atom. The Morgan fingerprint density at radius 2 is 1.93 bits per heavy atom. The topological polar surface area (TPSA) is 20.2 Å². The van der Waals surface area contributed by atoms with E-state index in [1.54, 1.807) is 0 Å². The molecule has 0 heterocycles. The van der Waals surface area contributed by atoms with E-state index in [0.717, 1.165) is 12.8 Å². The molecular weight excluding hydrogens is 299 g/mol. The third kappa shape index (κ3) is 2.72. The summed E-state index contributed by atoms with van der Waals surface area (Å²) in [5, 5.41) is 10.5. The van der Waals surface area contributed by atoms with Crippen LogP contribution < -0.4 is 0 Å². The highest BCUT2D eigenvalue weighted by molar-refractivity contribution is 14.1. The molecule has 1 fully saturated rings. The van der Waals surface area contributed by atoms with Crippen molar-refractivity contribution >= 4 is 22.6 Å². The lowest BCUT2D eigenvalue weighted by molar-refractivity contribution is 0.0139. The van der Waals surface area contributed by atoms with Crippen LogP contribution in [0.25, 0.3) is 0 Å². The van der Waals surface area contributed by atoms with Gasteiger partial charge in [-0.25, -0.2) is 0 Å². The molecule has 15 heavy (non-hydrogen) atoms. The largest absolute Gasteiger partial charge is 0.389 e. The molecule has 1 N–H and O–H groups in total. The van der Waals surface area contributed by atoms with E-state index in [2.05, 4.69) is 53.8 Å². The molecule has 1 saturated carbocycles. The number of aliphatic hydroxyl groups is 1.